The van der Waals surface area contributed by atoms with Gasteiger partial charge in [0.15, 0.2) is 6.29 Å². The van der Waals surface area contributed by atoms with Crippen LogP contribution in [0.2, 0.25) is 0 Å². The Morgan fingerprint density at radius 1 is 1.33 bits per heavy atom. The first-order valence-electron chi connectivity index (χ1n) is 4.93. The zero-order chi connectivity index (χ0) is 11.3. The lowest BCUT2D eigenvalue weighted by molar-refractivity contribution is -0.199. The van der Waals surface area contributed by atoms with Crippen molar-refractivity contribution in [3.8, 4) is 6.07 Å². The fourth-order valence-corrected chi connectivity index (χ4v) is 1.82. The molecule has 1 unspecified atom stereocenters. The van der Waals surface area contributed by atoms with Gasteiger partial charge < -0.3 is 19.3 Å². The average molecular weight is 215 g/mol. The number of nitrogens with zero attached hydrogens (tertiary/aromatic N) is 1. The van der Waals surface area contributed by atoms with Gasteiger partial charge in [-0.15, -0.1) is 0 Å². The third-order valence-electron chi connectivity index (χ3n) is 2.90. The molecule has 0 saturated carbocycles. The van der Waals surface area contributed by atoms with Gasteiger partial charge in [0.25, 0.3) is 0 Å². The standard InChI is InChI=1S/C10H17NO4/c1-13-9(14-2)8(12)10(7-11)3-5-15-6-4-10/h8-9,12H,3-6H2,1-2H3. The Morgan fingerprint density at radius 3 is 2.27 bits per heavy atom. The minimum absolute atomic E-state index is 0.491. The Morgan fingerprint density at radius 2 is 1.87 bits per heavy atom. The van der Waals surface area contributed by atoms with E-state index in [2.05, 4.69) is 6.07 Å². The predicted octanol–water partition coefficient (Wildman–Crippen LogP) is 0.287. The van der Waals surface area contributed by atoms with Crippen molar-refractivity contribution in [3.05, 3.63) is 0 Å². The number of aliphatic hydroxyl groups is 1. The fourth-order valence-electron chi connectivity index (χ4n) is 1.82. The molecule has 1 saturated heterocycles. The van der Waals surface area contributed by atoms with E-state index in [0.29, 0.717) is 26.1 Å². The maximum atomic E-state index is 10.1. The molecular formula is C10H17NO4. The normalized spacial score (nSPS) is 22.3. The lowest BCUT2D eigenvalue weighted by Gasteiger charge is -2.37. The van der Waals surface area contributed by atoms with Crippen molar-refractivity contribution in [1.29, 1.82) is 5.26 Å². The molecular weight excluding hydrogens is 198 g/mol. The molecule has 0 radical (unpaired) electrons. The van der Waals surface area contributed by atoms with Gasteiger partial charge in [-0.1, -0.05) is 0 Å². The number of rotatable bonds is 4. The van der Waals surface area contributed by atoms with E-state index >= 15 is 0 Å². The van der Waals surface area contributed by atoms with Crippen LogP contribution in [0.25, 0.3) is 0 Å². The van der Waals surface area contributed by atoms with E-state index in [-0.39, 0.29) is 0 Å². The molecule has 1 rings (SSSR count). The molecule has 1 aliphatic heterocycles. The molecule has 0 aliphatic carbocycles. The zero-order valence-electron chi connectivity index (χ0n) is 9.10. The summed E-state index contributed by atoms with van der Waals surface area (Å²) in [7, 11) is 2.89. The van der Waals surface area contributed by atoms with Crippen LogP contribution in [0.4, 0.5) is 0 Å². The number of ether oxygens (including phenoxy) is 3. The zero-order valence-corrected chi connectivity index (χ0v) is 9.10. The van der Waals surface area contributed by atoms with E-state index < -0.39 is 17.8 Å². The first-order chi connectivity index (χ1) is 7.20. The summed E-state index contributed by atoms with van der Waals surface area (Å²) in [5.74, 6) is 0. The smallest absolute Gasteiger partial charge is 0.184 e. The van der Waals surface area contributed by atoms with Gasteiger partial charge in [-0.25, -0.2) is 0 Å². The molecule has 1 atom stereocenters. The summed E-state index contributed by atoms with van der Waals surface area (Å²) in [5, 5.41) is 19.2. The van der Waals surface area contributed by atoms with Gasteiger partial charge in [-0.05, 0) is 12.8 Å². The van der Waals surface area contributed by atoms with Crippen LogP contribution >= 0.6 is 0 Å². The van der Waals surface area contributed by atoms with Crippen molar-refractivity contribution >= 4 is 0 Å². The van der Waals surface area contributed by atoms with Crippen LogP contribution in [-0.2, 0) is 14.2 Å². The molecule has 0 aromatic rings. The second-order valence-corrected chi connectivity index (χ2v) is 3.66. The Kier molecular flexibility index (Phi) is 4.48. The molecule has 0 spiro atoms. The highest BCUT2D eigenvalue weighted by atomic mass is 16.7. The lowest BCUT2D eigenvalue weighted by Crippen LogP contribution is -2.47. The van der Waals surface area contributed by atoms with E-state index in [4.69, 9.17) is 14.2 Å². The SMILES string of the molecule is COC(OC)C(O)C1(C#N)CCOCC1. The van der Waals surface area contributed by atoms with Gasteiger partial charge >= 0.3 is 0 Å². The molecule has 1 heterocycles. The van der Waals surface area contributed by atoms with Crippen molar-refractivity contribution in [2.75, 3.05) is 27.4 Å². The number of aliphatic hydroxyl groups excluding tert-OH is 1. The maximum absolute atomic E-state index is 10.1. The van der Waals surface area contributed by atoms with Crippen molar-refractivity contribution in [2.45, 2.75) is 25.2 Å². The second kappa shape index (κ2) is 5.42. The Balaban J connectivity index is 2.76. The summed E-state index contributed by atoms with van der Waals surface area (Å²) in [4.78, 5) is 0. The quantitative estimate of drug-likeness (QED) is 0.682. The molecule has 86 valence electrons. The van der Waals surface area contributed by atoms with Crippen LogP contribution in [0, 0.1) is 16.7 Å². The van der Waals surface area contributed by atoms with Gasteiger partial charge in [0.05, 0.1) is 11.5 Å². The first kappa shape index (κ1) is 12.4. The van der Waals surface area contributed by atoms with Crippen molar-refractivity contribution in [3.63, 3.8) is 0 Å². The van der Waals surface area contributed by atoms with Gasteiger partial charge in [-0.3, -0.25) is 0 Å². The highest BCUT2D eigenvalue weighted by Gasteiger charge is 2.44. The molecule has 0 bridgehead atoms. The van der Waals surface area contributed by atoms with E-state index in [1.54, 1.807) is 0 Å². The van der Waals surface area contributed by atoms with Crippen LogP contribution in [0.15, 0.2) is 0 Å². The van der Waals surface area contributed by atoms with Crippen molar-refractivity contribution < 1.29 is 19.3 Å². The molecule has 1 fully saturated rings. The van der Waals surface area contributed by atoms with Crippen LogP contribution in [0.3, 0.4) is 0 Å². The van der Waals surface area contributed by atoms with Gasteiger partial charge in [-0.2, -0.15) is 5.26 Å². The third-order valence-corrected chi connectivity index (χ3v) is 2.90. The largest absolute Gasteiger partial charge is 0.386 e. The Labute approximate surface area is 89.5 Å². The summed E-state index contributed by atoms with van der Waals surface area (Å²) in [6, 6.07) is 2.18. The van der Waals surface area contributed by atoms with Crippen LogP contribution in [-0.4, -0.2) is 44.9 Å². The molecule has 5 nitrogen and oxygen atoms in total. The molecule has 5 heteroatoms. The topological polar surface area (TPSA) is 71.7 Å². The van der Waals surface area contributed by atoms with Crippen LogP contribution in [0.5, 0.6) is 0 Å². The van der Waals surface area contributed by atoms with Gasteiger partial charge in [0.2, 0.25) is 0 Å². The summed E-state index contributed by atoms with van der Waals surface area (Å²) >= 11 is 0. The number of hydrogen-bond donors (Lipinski definition) is 1. The molecule has 0 amide bonds. The monoisotopic (exact) mass is 215 g/mol. The average Bonchev–Trinajstić information content (AvgIpc) is 2.31. The Bertz CT molecular complexity index is 228. The molecule has 15 heavy (non-hydrogen) atoms. The van der Waals surface area contributed by atoms with E-state index in [0.717, 1.165) is 0 Å². The molecule has 1 N–H and O–H groups in total. The molecule has 0 aromatic carbocycles. The highest BCUT2D eigenvalue weighted by Crippen LogP contribution is 2.35. The van der Waals surface area contributed by atoms with E-state index in [9.17, 15) is 10.4 Å². The summed E-state index contributed by atoms with van der Waals surface area (Å²) in [5.41, 5.74) is -0.811. The van der Waals surface area contributed by atoms with Gasteiger partial charge in [0.1, 0.15) is 6.10 Å². The predicted molar refractivity (Wildman–Crippen MR) is 51.9 cm³/mol. The minimum Gasteiger partial charge on any atom is -0.386 e. The molecule has 1 aliphatic rings. The summed E-state index contributed by atoms with van der Waals surface area (Å²) < 4.78 is 15.1. The number of methoxy groups -OCH3 is 2. The van der Waals surface area contributed by atoms with Gasteiger partial charge in [0, 0.05) is 27.4 Å². The van der Waals surface area contributed by atoms with Crippen LogP contribution < -0.4 is 0 Å². The lowest BCUT2D eigenvalue weighted by atomic mass is 9.76. The number of hydrogen-bond acceptors (Lipinski definition) is 5. The fraction of sp³-hybridized carbons (Fsp3) is 0.900. The van der Waals surface area contributed by atoms with E-state index in [1.807, 2.05) is 0 Å². The van der Waals surface area contributed by atoms with E-state index in [1.165, 1.54) is 14.2 Å². The van der Waals surface area contributed by atoms with Crippen molar-refractivity contribution in [1.82, 2.24) is 0 Å². The summed E-state index contributed by atoms with van der Waals surface area (Å²) in [6.45, 7) is 0.982. The summed E-state index contributed by atoms with van der Waals surface area (Å²) in [6.07, 6.45) is -0.689. The molecule has 0 aromatic heterocycles. The Hall–Kier alpha value is -0.670. The maximum Gasteiger partial charge on any atom is 0.184 e. The second-order valence-electron chi connectivity index (χ2n) is 3.66. The third kappa shape index (κ3) is 2.47. The van der Waals surface area contributed by atoms with Crippen LogP contribution in [0.1, 0.15) is 12.8 Å². The number of nitriles is 1. The first-order valence-corrected chi connectivity index (χ1v) is 4.93. The minimum atomic E-state index is -0.943. The van der Waals surface area contributed by atoms with Crippen molar-refractivity contribution in [2.24, 2.45) is 5.41 Å². The highest BCUT2D eigenvalue weighted by molar-refractivity contribution is 5.05.